The Balaban J connectivity index is 1.69. The van der Waals surface area contributed by atoms with Crippen LogP contribution in [0.2, 0.25) is 0 Å². The van der Waals surface area contributed by atoms with E-state index in [4.69, 9.17) is 4.74 Å². The molecule has 0 spiro atoms. The summed E-state index contributed by atoms with van der Waals surface area (Å²) in [5, 5.41) is 9.19. The van der Waals surface area contributed by atoms with Crippen molar-refractivity contribution >= 4 is 10.9 Å². The molecule has 6 heteroatoms. The highest BCUT2D eigenvalue weighted by Gasteiger charge is 2.34. The van der Waals surface area contributed by atoms with Crippen molar-refractivity contribution in [3.05, 3.63) is 52.9 Å². The highest BCUT2D eigenvalue weighted by molar-refractivity contribution is 5.88. The number of rotatable bonds is 5. The molecule has 1 aromatic carbocycles. The molecular formula is C20H21F2N3O. The normalized spacial score (nSPS) is 19.1. The van der Waals surface area contributed by atoms with Crippen LogP contribution >= 0.6 is 0 Å². The molecule has 1 aliphatic carbocycles. The fraction of sp³-hybridized carbons (Fsp3) is 0.400. The zero-order chi connectivity index (χ0) is 18.4. The minimum atomic E-state index is -0.625. The molecule has 26 heavy (non-hydrogen) atoms. The molecule has 0 radical (unpaired) electrons. The molecule has 4 rings (SSSR count). The summed E-state index contributed by atoms with van der Waals surface area (Å²) >= 11 is 0. The topological polar surface area (TPSA) is 39.9 Å². The Morgan fingerprint density at radius 1 is 1.27 bits per heavy atom. The van der Waals surface area contributed by atoms with Crippen molar-refractivity contribution in [3.63, 3.8) is 0 Å². The van der Waals surface area contributed by atoms with E-state index in [9.17, 15) is 8.78 Å². The first-order chi connectivity index (χ1) is 12.5. The third-order valence-corrected chi connectivity index (χ3v) is 5.49. The maximum atomic E-state index is 13.9. The average Bonchev–Trinajstić information content (AvgIpc) is 3.26. The highest BCUT2D eigenvalue weighted by atomic mass is 19.1. The summed E-state index contributed by atoms with van der Waals surface area (Å²) in [6, 6.07) is 3.47. The molecule has 1 fully saturated rings. The third-order valence-electron chi connectivity index (χ3n) is 5.49. The van der Waals surface area contributed by atoms with Gasteiger partial charge in [0.05, 0.1) is 6.20 Å². The second-order valence-electron chi connectivity index (χ2n) is 7.23. The summed E-state index contributed by atoms with van der Waals surface area (Å²) in [5.41, 5.74) is 3.51. The van der Waals surface area contributed by atoms with Gasteiger partial charge >= 0.3 is 0 Å². The molecule has 0 aliphatic heterocycles. The summed E-state index contributed by atoms with van der Waals surface area (Å²) in [5.74, 6) is 0.557. The van der Waals surface area contributed by atoms with E-state index in [2.05, 4.69) is 35.5 Å². The Hall–Kier alpha value is -2.50. The van der Waals surface area contributed by atoms with Gasteiger partial charge in [0, 0.05) is 29.3 Å². The molecule has 4 nitrogen and oxygen atoms in total. The van der Waals surface area contributed by atoms with Crippen molar-refractivity contribution in [1.29, 1.82) is 0 Å². The molecule has 0 saturated heterocycles. The summed E-state index contributed by atoms with van der Waals surface area (Å²) in [7, 11) is 0. The van der Waals surface area contributed by atoms with Gasteiger partial charge in [-0.25, -0.2) is 8.78 Å². The molecule has 3 aromatic rings. The number of hydrogen-bond donors (Lipinski definition) is 0. The number of aromatic nitrogens is 3. The van der Waals surface area contributed by atoms with Gasteiger partial charge < -0.3 is 9.30 Å². The fourth-order valence-corrected chi connectivity index (χ4v) is 3.46. The molecule has 1 saturated carbocycles. The van der Waals surface area contributed by atoms with E-state index in [0.29, 0.717) is 11.8 Å². The number of benzene rings is 1. The standard InChI is InChI=1S/C20H21F2N3O/c1-11-6-15(11)9-25-13(3)12(2)17-8-23-24-20(19(17)25)26-10-14-4-5-16(21)7-18(14)22/h4-5,7-8,11,15H,6,9-10H2,1-3H3/t11-,15?/m0/s1. The van der Waals surface area contributed by atoms with Crippen molar-refractivity contribution in [2.75, 3.05) is 0 Å². The van der Waals surface area contributed by atoms with Crippen LogP contribution in [-0.4, -0.2) is 14.8 Å². The summed E-state index contributed by atoms with van der Waals surface area (Å²) in [6.45, 7) is 7.31. The Morgan fingerprint density at radius 3 is 2.73 bits per heavy atom. The lowest BCUT2D eigenvalue weighted by molar-refractivity contribution is 0.286. The Bertz CT molecular complexity index is 983. The largest absolute Gasteiger partial charge is 0.470 e. The van der Waals surface area contributed by atoms with Crippen LogP contribution in [0.5, 0.6) is 5.88 Å². The van der Waals surface area contributed by atoms with Crippen LogP contribution in [0.3, 0.4) is 0 Å². The molecule has 0 bridgehead atoms. The van der Waals surface area contributed by atoms with Crippen LogP contribution < -0.4 is 4.74 Å². The minimum absolute atomic E-state index is 0.0248. The molecule has 2 atom stereocenters. The number of halogens is 2. The lowest BCUT2D eigenvalue weighted by Gasteiger charge is -2.11. The average molecular weight is 357 g/mol. The van der Waals surface area contributed by atoms with E-state index in [0.717, 1.165) is 35.0 Å². The fourth-order valence-electron chi connectivity index (χ4n) is 3.46. The van der Waals surface area contributed by atoms with Gasteiger partial charge in [0.2, 0.25) is 0 Å². The zero-order valence-electron chi connectivity index (χ0n) is 15.1. The van der Waals surface area contributed by atoms with Gasteiger partial charge in [0.25, 0.3) is 5.88 Å². The van der Waals surface area contributed by atoms with Gasteiger partial charge in [-0.3, -0.25) is 0 Å². The van der Waals surface area contributed by atoms with Crippen LogP contribution in [-0.2, 0) is 13.2 Å². The van der Waals surface area contributed by atoms with E-state index in [-0.39, 0.29) is 12.2 Å². The van der Waals surface area contributed by atoms with Crippen molar-refractivity contribution in [3.8, 4) is 5.88 Å². The Kier molecular flexibility index (Phi) is 4.13. The quantitative estimate of drug-likeness (QED) is 0.672. The maximum Gasteiger partial charge on any atom is 0.258 e. The minimum Gasteiger partial charge on any atom is -0.470 e. The molecule has 1 unspecified atom stereocenters. The van der Waals surface area contributed by atoms with E-state index in [1.54, 1.807) is 6.20 Å². The first-order valence-corrected chi connectivity index (χ1v) is 8.83. The summed E-state index contributed by atoms with van der Waals surface area (Å²) < 4.78 is 35.0. The van der Waals surface area contributed by atoms with Gasteiger partial charge in [0.1, 0.15) is 23.8 Å². The lowest BCUT2D eigenvalue weighted by atomic mass is 10.2. The van der Waals surface area contributed by atoms with Crippen molar-refractivity contribution in [2.24, 2.45) is 11.8 Å². The van der Waals surface area contributed by atoms with E-state index in [1.165, 1.54) is 24.2 Å². The number of nitrogens with zero attached hydrogens (tertiary/aromatic N) is 3. The van der Waals surface area contributed by atoms with Crippen LogP contribution in [0.25, 0.3) is 10.9 Å². The molecule has 1 aliphatic rings. The van der Waals surface area contributed by atoms with Crippen LogP contribution in [0, 0.1) is 37.3 Å². The van der Waals surface area contributed by atoms with Gasteiger partial charge in [-0.05, 0) is 49.8 Å². The van der Waals surface area contributed by atoms with Crippen LogP contribution in [0.4, 0.5) is 8.78 Å². The van der Waals surface area contributed by atoms with E-state index in [1.807, 2.05) is 0 Å². The Morgan fingerprint density at radius 2 is 2.04 bits per heavy atom. The number of fused-ring (bicyclic) bond motifs is 1. The molecule has 2 heterocycles. The first-order valence-electron chi connectivity index (χ1n) is 8.83. The number of aryl methyl sites for hydroxylation is 1. The third kappa shape index (κ3) is 2.93. The summed E-state index contributed by atoms with van der Waals surface area (Å²) in [6.07, 6.45) is 2.98. The van der Waals surface area contributed by atoms with Gasteiger partial charge in [-0.2, -0.15) is 5.10 Å². The number of hydrogen-bond acceptors (Lipinski definition) is 3. The first kappa shape index (κ1) is 16.9. The van der Waals surface area contributed by atoms with E-state index >= 15 is 0 Å². The molecule has 0 N–H and O–H groups in total. The van der Waals surface area contributed by atoms with Crippen molar-refractivity contribution in [2.45, 2.75) is 40.3 Å². The molecule has 2 aromatic heterocycles. The number of ether oxygens (including phenoxy) is 1. The predicted octanol–water partition coefficient (Wildman–Crippen LogP) is 4.56. The second kappa shape index (κ2) is 6.34. The maximum absolute atomic E-state index is 13.9. The van der Waals surface area contributed by atoms with Crippen molar-refractivity contribution in [1.82, 2.24) is 14.8 Å². The molecular weight excluding hydrogens is 336 g/mol. The highest BCUT2D eigenvalue weighted by Crippen LogP contribution is 2.41. The predicted molar refractivity (Wildman–Crippen MR) is 95.0 cm³/mol. The van der Waals surface area contributed by atoms with Gasteiger partial charge in [-0.15, -0.1) is 5.10 Å². The summed E-state index contributed by atoms with van der Waals surface area (Å²) in [4.78, 5) is 0. The molecule has 0 amide bonds. The van der Waals surface area contributed by atoms with Crippen molar-refractivity contribution < 1.29 is 13.5 Å². The van der Waals surface area contributed by atoms with Gasteiger partial charge in [-0.1, -0.05) is 6.92 Å². The van der Waals surface area contributed by atoms with Crippen LogP contribution in [0.15, 0.2) is 24.4 Å². The molecule has 136 valence electrons. The lowest BCUT2D eigenvalue weighted by Crippen LogP contribution is -2.07. The second-order valence-corrected chi connectivity index (χ2v) is 7.23. The Labute approximate surface area is 150 Å². The zero-order valence-corrected chi connectivity index (χ0v) is 15.1. The SMILES string of the molecule is Cc1c(C)n(CC2C[C@@H]2C)c2c(OCc3ccc(F)cc3F)nncc12. The van der Waals surface area contributed by atoms with E-state index < -0.39 is 11.6 Å². The monoisotopic (exact) mass is 357 g/mol. The smallest absolute Gasteiger partial charge is 0.258 e. The van der Waals surface area contributed by atoms with Crippen LogP contribution in [0.1, 0.15) is 30.2 Å². The van der Waals surface area contributed by atoms with Gasteiger partial charge in [0.15, 0.2) is 0 Å².